The van der Waals surface area contributed by atoms with Gasteiger partial charge in [0, 0.05) is 11.0 Å². The van der Waals surface area contributed by atoms with Crippen LogP contribution in [0.2, 0.25) is 0 Å². The predicted octanol–water partition coefficient (Wildman–Crippen LogP) is 0.754. The van der Waals surface area contributed by atoms with Crippen molar-refractivity contribution in [1.82, 2.24) is 4.90 Å². The Kier molecular flexibility index (Phi) is 7.26. The first-order valence-electron chi connectivity index (χ1n) is 12.4. The van der Waals surface area contributed by atoms with Crippen LogP contribution in [-0.2, 0) is 9.53 Å². The van der Waals surface area contributed by atoms with Crippen LogP contribution in [0.25, 0.3) is 11.0 Å². The number of hydrogen-bond acceptors (Lipinski definition) is 8. The van der Waals surface area contributed by atoms with E-state index in [0.717, 1.165) is 13.1 Å². The first kappa shape index (κ1) is 25.6. The summed E-state index contributed by atoms with van der Waals surface area (Å²) >= 11 is 0. The average molecular weight is 523 g/mol. The lowest BCUT2D eigenvalue weighted by Gasteiger charge is -2.30. The van der Waals surface area contributed by atoms with Crippen LogP contribution in [0.15, 0.2) is 58.2 Å². The minimum atomic E-state index is -0.905. The molecule has 0 bridgehead atoms. The summed E-state index contributed by atoms with van der Waals surface area (Å²) in [7, 11) is 4.53. The number of nitrogens with one attached hydrogen (secondary N) is 1. The molecule has 0 radical (unpaired) electrons. The Morgan fingerprint density at radius 2 is 1.76 bits per heavy atom. The first-order chi connectivity index (χ1) is 18.5. The second-order valence-electron chi connectivity index (χ2n) is 9.19. The number of nitrogens with zero attached hydrogens (tertiary/aromatic N) is 1. The molecular formula is C28H30N2O8. The summed E-state index contributed by atoms with van der Waals surface area (Å²) in [5.41, 5.74) is 0.805. The van der Waals surface area contributed by atoms with Gasteiger partial charge in [0.2, 0.25) is 11.7 Å². The maximum atomic E-state index is 13.8. The Bertz CT molecular complexity index is 1390. The molecule has 1 unspecified atom stereocenters. The number of rotatable bonds is 9. The number of methoxy groups -OCH3 is 3. The Balaban J connectivity index is 1.55. The van der Waals surface area contributed by atoms with E-state index in [4.69, 9.17) is 23.4 Å². The maximum absolute atomic E-state index is 13.8. The number of ketones is 1. The fraction of sp³-hybridized carbons (Fsp3) is 0.357. The van der Waals surface area contributed by atoms with E-state index in [0.29, 0.717) is 60.1 Å². The van der Waals surface area contributed by atoms with E-state index in [1.165, 1.54) is 31.1 Å². The third-order valence-electron chi connectivity index (χ3n) is 7.11. The molecule has 1 amide bonds. The molecule has 3 heterocycles. The summed E-state index contributed by atoms with van der Waals surface area (Å²) < 4.78 is 27.5. The molecule has 2 aliphatic rings. The number of carbonyl (C=O) groups excluding carboxylic acids is 2. The van der Waals surface area contributed by atoms with Crippen LogP contribution in [0.1, 0.15) is 22.2 Å². The molecule has 0 spiro atoms. The Labute approximate surface area is 219 Å². The highest BCUT2D eigenvalue weighted by Gasteiger charge is 2.41. The molecule has 1 N–H and O–H groups in total. The van der Waals surface area contributed by atoms with Gasteiger partial charge in [-0.1, -0.05) is 18.2 Å². The normalized spacial score (nSPS) is 18.3. The number of fused-ring (bicyclic) bond motifs is 1. The van der Waals surface area contributed by atoms with Crippen LogP contribution in [0, 0.1) is 0 Å². The molecule has 3 aromatic rings. The summed E-state index contributed by atoms with van der Waals surface area (Å²) in [6.07, 6.45) is 0. The fourth-order valence-corrected chi connectivity index (χ4v) is 5.10. The number of ether oxygens (including phenoxy) is 4. The molecule has 10 heteroatoms. The van der Waals surface area contributed by atoms with Gasteiger partial charge in [0.15, 0.2) is 28.6 Å². The topological polar surface area (TPSA) is 115 Å². The van der Waals surface area contributed by atoms with E-state index in [2.05, 4.69) is 0 Å². The van der Waals surface area contributed by atoms with Crippen molar-refractivity contribution in [2.45, 2.75) is 6.04 Å². The van der Waals surface area contributed by atoms with E-state index in [1.807, 2.05) is 0 Å². The molecule has 1 aromatic heterocycles. The van der Waals surface area contributed by atoms with Crippen molar-refractivity contribution in [2.24, 2.45) is 0 Å². The molecule has 1 atom stereocenters. The van der Waals surface area contributed by atoms with Crippen LogP contribution in [0.3, 0.4) is 0 Å². The zero-order chi connectivity index (χ0) is 26.8. The molecule has 2 aromatic carbocycles. The number of quaternary nitrogens is 1. The Morgan fingerprint density at radius 3 is 2.47 bits per heavy atom. The van der Waals surface area contributed by atoms with Gasteiger partial charge in [0.25, 0.3) is 0 Å². The first-order valence-corrected chi connectivity index (χ1v) is 12.4. The van der Waals surface area contributed by atoms with Gasteiger partial charge < -0.3 is 38.3 Å². The Hall–Kier alpha value is -4.02. The van der Waals surface area contributed by atoms with Crippen molar-refractivity contribution in [3.05, 3.63) is 65.1 Å². The van der Waals surface area contributed by atoms with Crippen LogP contribution < -0.4 is 24.2 Å². The van der Waals surface area contributed by atoms with Crippen molar-refractivity contribution in [3.8, 4) is 17.2 Å². The third kappa shape index (κ3) is 4.57. The highest BCUT2D eigenvalue weighted by Crippen LogP contribution is 2.41. The van der Waals surface area contributed by atoms with Crippen molar-refractivity contribution in [3.63, 3.8) is 0 Å². The van der Waals surface area contributed by atoms with Gasteiger partial charge in [-0.2, -0.15) is 0 Å². The molecule has 1 fully saturated rings. The number of amides is 1. The summed E-state index contributed by atoms with van der Waals surface area (Å²) in [6.45, 7) is 3.83. The van der Waals surface area contributed by atoms with Crippen molar-refractivity contribution in [1.29, 1.82) is 0 Å². The summed E-state index contributed by atoms with van der Waals surface area (Å²) in [4.78, 5) is 29.9. The average Bonchev–Trinajstić information content (AvgIpc) is 3.50. The van der Waals surface area contributed by atoms with Crippen molar-refractivity contribution < 1.29 is 43.0 Å². The number of benzene rings is 2. The van der Waals surface area contributed by atoms with Gasteiger partial charge in [-0.15, -0.1) is 0 Å². The summed E-state index contributed by atoms with van der Waals surface area (Å²) in [5, 5.41) is 14.0. The largest absolute Gasteiger partial charge is 0.868 e. The second-order valence-corrected chi connectivity index (χ2v) is 9.19. The number of Topliss-reactive ketones (excluding diaryl/α,β-unsaturated/α-hetero) is 1. The molecule has 200 valence electrons. The smallest absolute Gasteiger partial charge is 0.240 e. The summed E-state index contributed by atoms with van der Waals surface area (Å²) in [5.74, 6) is -0.834. The maximum Gasteiger partial charge on any atom is 0.240 e. The van der Waals surface area contributed by atoms with Crippen LogP contribution >= 0.6 is 0 Å². The van der Waals surface area contributed by atoms with Crippen molar-refractivity contribution >= 4 is 22.7 Å². The SMILES string of the molecule is COc1ccc(C2C(C(=O)c3cc4cccc(OC)c4o3)=C([O-])C(=O)N2CC[NH+]2CCOCC2)cc1OC. The van der Waals surface area contributed by atoms with E-state index in [1.54, 1.807) is 42.5 Å². The van der Waals surface area contributed by atoms with Crippen molar-refractivity contribution in [2.75, 3.05) is 60.7 Å². The number of carbonyl (C=O) groups is 2. The number of hydrogen-bond donors (Lipinski definition) is 1. The lowest BCUT2D eigenvalue weighted by Crippen LogP contribution is -3.14. The lowest BCUT2D eigenvalue weighted by molar-refractivity contribution is -0.907. The zero-order valence-corrected chi connectivity index (χ0v) is 21.6. The minimum absolute atomic E-state index is 0.0354. The van der Waals surface area contributed by atoms with Gasteiger partial charge in [-0.05, 0) is 35.6 Å². The van der Waals surface area contributed by atoms with E-state index >= 15 is 0 Å². The van der Waals surface area contributed by atoms with Crippen LogP contribution in [0.5, 0.6) is 17.2 Å². The Morgan fingerprint density at radius 1 is 1.03 bits per heavy atom. The molecule has 10 nitrogen and oxygen atoms in total. The molecule has 0 aliphatic carbocycles. The highest BCUT2D eigenvalue weighted by atomic mass is 16.5. The predicted molar refractivity (Wildman–Crippen MR) is 135 cm³/mol. The van der Waals surface area contributed by atoms with Gasteiger partial charge in [-0.3, -0.25) is 9.59 Å². The van der Waals surface area contributed by atoms with Gasteiger partial charge in [-0.25, -0.2) is 0 Å². The van der Waals surface area contributed by atoms with E-state index < -0.39 is 23.5 Å². The summed E-state index contributed by atoms with van der Waals surface area (Å²) in [6, 6.07) is 11.1. The molecule has 1 saturated heterocycles. The number of morpholine rings is 1. The standard InChI is InChI=1S/C28H30N2O8/c1-34-19-8-7-17(15-21(19)36-3)24-23(25(31)22-16-18-5-4-6-20(35-2)27(18)38-22)26(32)28(33)30(24)10-9-29-11-13-37-14-12-29/h4-8,15-16,24,32H,9-14H2,1-3H3. The molecule has 0 saturated carbocycles. The van der Waals surface area contributed by atoms with Gasteiger partial charge in [0.05, 0.1) is 53.7 Å². The third-order valence-corrected chi connectivity index (χ3v) is 7.11. The van der Waals surface area contributed by atoms with Crippen LogP contribution in [0.4, 0.5) is 0 Å². The molecule has 38 heavy (non-hydrogen) atoms. The molecule has 2 aliphatic heterocycles. The minimum Gasteiger partial charge on any atom is -0.868 e. The second kappa shape index (κ2) is 10.8. The van der Waals surface area contributed by atoms with Gasteiger partial charge in [0.1, 0.15) is 13.1 Å². The van der Waals surface area contributed by atoms with E-state index in [9.17, 15) is 14.7 Å². The quantitative estimate of drug-likeness (QED) is 0.410. The van der Waals surface area contributed by atoms with Crippen LogP contribution in [-0.4, -0.2) is 77.3 Å². The monoisotopic (exact) mass is 522 g/mol. The van der Waals surface area contributed by atoms with Gasteiger partial charge >= 0.3 is 0 Å². The lowest BCUT2D eigenvalue weighted by atomic mass is 9.94. The fourth-order valence-electron chi connectivity index (χ4n) is 5.10. The van der Waals surface area contributed by atoms with E-state index in [-0.39, 0.29) is 11.3 Å². The zero-order valence-electron chi connectivity index (χ0n) is 21.6. The number of furan rings is 1. The molecular weight excluding hydrogens is 492 g/mol. The number of para-hydroxylation sites is 1. The molecule has 5 rings (SSSR count). The highest BCUT2D eigenvalue weighted by molar-refractivity contribution is 6.16.